The van der Waals surface area contributed by atoms with Crippen molar-refractivity contribution in [3.8, 4) is 5.75 Å². The van der Waals surface area contributed by atoms with Gasteiger partial charge in [0.2, 0.25) is 0 Å². The quantitative estimate of drug-likeness (QED) is 0.614. The third kappa shape index (κ3) is 3.59. The van der Waals surface area contributed by atoms with Crippen LogP contribution in [-0.4, -0.2) is 34.2 Å². The van der Waals surface area contributed by atoms with Crippen LogP contribution in [-0.2, 0) is 9.47 Å². The predicted molar refractivity (Wildman–Crippen MR) is 76.8 cm³/mol. The number of benzene rings is 2. The maximum absolute atomic E-state index is 5.55. The minimum atomic E-state index is 0.233. The van der Waals surface area contributed by atoms with Gasteiger partial charge in [0.25, 0.3) is 0 Å². The molecule has 0 heterocycles. The van der Waals surface area contributed by atoms with Gasteiger partial charge in [0, 0.05) is 25.2 Å². The zero-order valence-corrected chi connectivity index (χ0v) is 11.3. The minimum Gasteiger partial charge on any atom is -0.468 e. The first-order valence-electron chi connectivity index (χ1n) is 6.25. The first-order chi connectivity index (χ1) is 9.35. The van der Waals surface area contributed by atoms with Gasteiger partial charge < -0.3 is 19.5 Å². The fraction of sp³-hybridized carbons (Fsp3) is 0.333. The highest BCUT2D eigenvalue weighted by Crippen LogP contribution is 2.27. The summed E-state index contributed by atoms with van der Waals surface area (Å²) >= 11 is 0. The van der Waals surface area contributed by atoms with Crippen LogP contribution in [0, 0.1) is 0 Å². The molecule has 4 heteroatoms. The molecule has 0 aliphatic carbocycles. The van der Waals surface area contributed by atoms with Crippen molar-refractivity contribution in [2.24, 2.45) is 0 Å². The summed E-state index contributed by atoms with van der Waals surface area (Å²) in [6.07, 6.45) is 0. The summed E-state index contributed by atoms with van der Waals surface area (Å²) in [5.41, 5.74) is 1.09. The maximum Gasteiger partial charge on any atom is 0.189 e. The van der Waals surface area contributed by atoms with Gasteiger partial charge in [-0.3, -0.25) is 0 Å². The van der Waals surface area contributed by atoms with Crippen LogP contribution in [0.2, 0.25) is 0 Å². The van der Waals surface area contributed by atoms with Crippen LogP contribution in [0.4, 0.5) is 5.69 Å². The second-order valence-corrected chi connectivity index (χ2v) is 4.10. The van der Waals surface area contributed by atoms with Crippen LogP contribution in [0.3, 0.4) is 0 Å². The number of hydrogen-bond donors (Lipinski definition) is 1. The number of methoxy groups -OCH3 is 1. The lowest BCUT2D eigenvalue weighted by atomic mass is 10.1. The SMILES string of the molecule is CNc1cccc2ccc(OCOCCOC)cc12. The standard InChI is InChI=1S/C15H19NO3/c1-16-15-5-3-4-12-6-7-13(10-14(12)15)19-11-18-9-8-17-2/h3-7,10,16H,8-9,11H2,1-2H3. The van der Waals surface area contributed by atoms with E-state index in [1.165, 1.54) is 5.39 Å². The highest BCUT2D eigenvalue weighted by Gasteiger charge is 2.01. The lowest BCUT2D eigenvalue weighted by Crippen LogP contribution is -2.07. The van der Waals surface area contributed by atoms with Crippen molar-refractivity contribution in [3.63, 3.8) is 0 Å². The van der Waals surface area contributed by atoms with Crippen molar-refractivity contribution in [1.82, 2.24) is 0 Å². The van der Waals surface area contributed by atoms with Gasteiger partial charge in [-0.05, 0) is 23.6 Å². The van der Waals surface area contributed by atoms with E-state index >= 15 is 0 Å². The molecule has 2 aromatic carbocycles. The molecule has 0 bridgehead atoms. The van der Waals surface area contributed by atoms with Crippen molar-refractivity contribution in [3.05, 3.63) is 36.4 Å². The summed E-state index contributed by atoms with van der Waals surface area (Å²) in [6.45, 7) is 1.34. The Morgan fingerprint density at radius 3 is 2.79 bits per heavy atom. The smallest absolute Gasteiger partial charge is 0.189 e. The van der Waals surface area contributed by atoms with Crippen LogP contribution in [0.15, 0.2) is 36.4 Å². The van der Waals surface area contributed by atoms with Crippen LogP contribution >= 0.6 is 0 Å². The van der Waals surface area contributed by atoms with Crippen LogP contribution in [0.1, 0.15) is 0 Å². The van der Waals surface area contributed by atoms with Gasteiger partial charge in [0.15, 0.2) is 6.79 Å². The molecule has 2 rings (SSSR count). The Labute approximate surface area is 113 Å². The highest BCUT2D eigenvalue weighted by molar-refractivity contribution is 5.94. The Morgan fingerprint density at radius 2 is 2.00 bits per heavy atom. The molecule has 2 aromatic rings. The molecule has 0 amide bonds. The number of nitrogens with one attached hydrogen (secondary N) is 1. The van der Waals surface area contributed by atoms with Crippen LogP contribution < -0.4 is 10.1 Å². The topological polar surface area (TPSA) is 39.7 Å². The fourth-order valence-corrected chi connectivity index (χ4v) is 1.87. The Balaban J connectivity index is 2.04. The molecule has 0 saturated heterocycles. The summed E-state index contributed by atoms with van der Waals surface area (Å²) in [6, 6.07) is 12.2. The molecular weight excluding hydrogens is 242 g/mol. The third-order valence-electron chi connectivity index (χ3n) is 2.86. The van der Waals surface area contributed by atoms with Gasteiger partial charge in [0.1, 0.15) is 5.75 Å². The normalized spacial score (nSPS) is 10.6. The number of anilines is 1. The largest absolute Gasteiger partial charge is 0.468 e. The van der Waals surface area contributed by atoms with Gasteiger partial charge in [-0.25, -0.2) is 0 Å². The van der Waals surface area contributed by atoms with E-state index in [0.717, 1.165) is 16.8 Å². The maximum atomic E-state index is 5.55. The molecule has 0 radical (unpaired) electrons. The first-order valence-corrected chi connectivity index (χ1v) is 6.25. The summed E-state index contributed by atoms with van der Waals surface area (Å²) in [5, 5.41) is 5.50. The molecule has 0 aromatic heterocycles. The molecule has 0 unspecified atom stereocenters. The molecule has 1 N–H and O–H groups in total. The predicted octanol–water partition coefficient (Wildman–Crippen LogP) is 2.88. The van der Waals surface area contributed by atoms with E-state index in [0.29, 0.717) is 13.2 Å². The Hall–Kier alpha value is -1.78. The molecule has 0 aliphatic heterocycles. The van der Waals surface area contributed by atoms with Crippen molar-refractivity contribution in [2.45, 2.75) is 0 Å². The van der Waals surface area contributed by atoms with Crippen molar-refractivity contribution in [1.29, 1.82) is 0 Å². The van der Waals surface area contributed by atoms with Gasteiger partial charge in [-0.2, -0.15) is 0 Å². The average molecular weight is 261 g/mol. The van der Waals surface area contributed by atoms with Gasteiger partial charge >= 0.3 is 0 Å². The zero-order chi connectivity index (χ0) is 13.5. The molecule has 102 valence electrons. The minimum absolute atomic E-state index is 0.233. The van der Waals surface area contributed by atoms with E-state index in [-0.39, 0.29) is 6.79 Å². The van der Waals surface area contributed by atoms with Crippen LogP contribution in [0.5, 0.6) is 5.75 Å². The number of fused-ring (bicyclic) bond motifs is 1. The van der Waals surface area contributed by atoms with Gasteiger partial charge in [-0.1, -0.05) is 18.2 Å². The fourth-order valence-electron chi connectivity index (χ4n) is 1.87. The first kappa shape index (κ1) is 13.6. The third-order valence-corrected chi connectivity index (χ3v) is 2.86. The summed E-state index contributed by atoms with van der Waals surface area (Å²) < 4.78 is 15.7. The summed E-state index contributed by atoms with van der Waals surface area (Å²) in [5.74, 6) is 0.799. The number of hydrogen-bond acceptors (Lipinski definition) is 4. The Morgan fingerprint density at radius 1 is 1.11 bits per heavy atom. The van der Waals surface area contributed by atoms with Crippen LogP contribution in [0.25, 0.3) is 10.8 Å². The van der Waals surface area contributed by atoms with E-state index < -0.39 is 0 Å². The second-order valence-electron chi connectivity index (χ2n) is 4.10. The van der Waals surface area contributed by atoms with Crippen molar-refractivity contribution < 1.29 is 14.2 Å². The van der Waals surface area contributed by atoms with Crippen molar-refractivity contribution in [2.75, 3.05) is 39.5 Å². The molecule has 19 heavy (non-hydrogen) atoms. The molecule has 4 nitrogen and oxygen atoms in total. The Bertz CT molecular complexity index is 528. The number of ether oxygens (including phenoxy) is 3. The molecule has 0 aliphatic rings. The van der Waals surface area contributed by atoms with E-state index in [2.05, 4.69) is 11.4 Å². The molecule has 0 saturated carbocycles. The summed E-state index contributed by atoms with van der Waals surface area (Å²) in [4.78, 5) is 0. The molecule has 0 fully saturated rings. The Kier molecular flexibility index (Phi) is 5.01. The van der Waals surface area contributed by atoms with Crippen molar-refractivity contribution >= 4 is 16.5 Å². The zero-order valence-electron chi connectivity index (χ0n) is 11.3. The highest BCUT2D eigenvalue weighted by atomic mass is 16.7. The van der Waals surface area contributed by atoms with E-state index in [9.17, 15) is 0 Å². The lowest BCUT2D eigenvalue weighted by molar-refractivity contribution is -0.00840. The molecule has 0 atom stereocenters. The second kappa shape index (κ2) is 6.97. The number of rotatable bonds is 7. The van der Waals surface area contributed by atoms with E-state index in [1.54, 1.807) is 7.11 Å². The van der Waals surface area contributed by atoms with Gasteiger partial charge in [-0.15, -0.1) is 0 Å². The summed E-state index contributed by atoms with van der Waals surface area (Å²) in [7, 11) is 3.56. The van der Waals surface area contributed by atoms with E-state index in [1.807, 2.05) is 37.4 Å². The average Bonchev–Trinajstić information content (AvgIpc) is 2.46. The van der Waals surface area contributed by atoms with E-state index in [4.69, 9.17) is 14.2 Å². The lowest BCUT2D eigenvalue weighted by Gasteiger charge is -2.10. The molecule has 0 spiro atoms. The molecular formula is C15H19NO3. The monoisotopic (exact) mass is 261 g/mol. The van der Waals surface area contributed by atoms with Gasteiger partial charge in [0.05, 0.1) is 13.2 Å².